The molecule has 4 heterocycles. The molecule has 0 amide bonds. The van der Waals surface area contributed by atoms with Crippen molar-refractivity contribution in [1.82, 2.24) is 24.4 Å². The van der Waals surface area contributed by atoms with Crippen LogP contribution in [0.4, 0.5) is 11.8 Å². The zero-order valence-electron chi connectivity index (χ0n) is 20.0. The number of hydrogen-bond acceptors (Lipinski definition) is 9. The van der Waals surface area contributed by atoms with Crippen molar-refractivity contribution in [2.45, 2.75) is 44.7 Å². The Morgan fingerprint density at radius 3 is 2.71 bits per heavy atom. The second-order valence-corrected chi connectivity index (χ2v) is 9.43. The lowest BCUT2D eigenvalue weighted by molar-refractivity contribution is 0.0398. The molecule has 2 aromatic heterocycles. The van der Waals surface area contributed by atoms with E-state index in [2.05, 4.69) is 20.1 Å². The normalized spacial score (nSPS) is 18.7. The van der Waals surface area contributed by atoms with Crippen LogP contribution < -0.4 is 20.1 Å². The van der Waals surface area contributed by atoms with Crippen molar-refractivity contribution in [3.05, 3.63) is 30.1 Å². The highest BCUT2D eigenvalue weighted by Crippen LogP contribution is 2.33. The van der Waals surface area contributed by atoms with Crippen LogP contribution in [0.3, 0.4) is 0 Å². The van der Waals surface area contributed by atoms with Gasteiger partial charge in [0.25, 0.3) is 0 Å². The minimum absolute atomic E-state index is 0.274. The Balaban J connectivity index is 1.23. The monoisotopic (exact) mass is 479 g/mol. The number of nitrogens with zero attached hydrogens (tertiary/aromatic N) is 5. The maximum Gasteiger partial charge on any atom is 0.231 e. The van der Waals surface area contributed by atoms with Crippen molar-refractivity contribution in [3.63, 3.8) is 0 Å². The van der Waals surface area contributed by atoms with Gasteiger partial charge in [0, 0.05) is 38.8 Å². The third-order valence-corrected chi connectivity index (χ3v) is 7.10. The Hall–Kier alpha value is -3.11. The van der Waals surface area contributed by atoms with Crippen LogP contribution in [0.15, 0.2) is 24.5 Å². The molecule has 1 saturated heterocycles. The minimum atomic E-state index is 0.274. The van der Waals surface area contributed by atoms with E-state index >= 15 is 0 Å². The van der Waals surface area contributed by atoms with Crippen LogP contribution in [0.2, 0.25) is 0 Å². The van der Waals surface area contributed by atoms with Gasteiger partial charge in [0.1, 0.15) is 0 Å². The molecule has 3 aromatic rings. The second kappa shape index (κ2) is 10.2. The molecule has 35 heavy (non-hydrogen) atoms. The van der Waals surface area contributed by atoms with Gasteiger partial charge in [-0.2, -0.15) is 9.97 Å². The molecule has 2 fully saturated rings. The summed E-state index contributed by atoms with van der Waals surface area (Å²) in [6.07, 6.45) is 8.13. The summed E-state index contributed by atoms with van der Waals surface area (Å²) in [5.74, 6) is 2.95. The van der Waals surface area contributed by atoms with E-state index in [4.69, 9.17) is 29.2 Å². The van der Waals surface area contributed by atoms with Crippen molar-refractivity contribution < 1.29 is 14.2 Å². The van der Waals surface area contributed by atoms with Gasteiger partial charge in [0.05, 0.1) is 19.5 Å². The summed E-state index contributed by atoms with van der Waals surface area (Å²) in [6, 6.07) is 6.43. The molecule has 6 rings (SSSR count). The van der Waals surface area contributed by atoms with E-state index in [1.54, 1.807) is 0 Å². The number of nitrogens with one attached hydrogen (secondary N) is 2. The number of morpholine rings is 1. The molecule has 0 radical (unpaired) electrons. The van der Waals surface area contributed by atoms with Crippen molar-refractivity contribution in [1.29, 1.82) is 0 Å². The van der Waals surface area contributed by atoms with Crippen LogP contribution in [0, 0.1) is 0 Å². The van der Waals surface area contributed by atoms with E-state index < -0.39 is 0 Å². The van der Waals surface area contributed by atoms with Crippen LogP contribution in [-0.2, 0) is 11.3 Å². The molecule has 0 spiro atoms. The number of aromatic nitrogens is 4. The largest absolute Gasteiger partial charge is 0.454 e. The summed E-state index contributed by atoms with van der Waals surface area (Å²) in [5.41, 5.74) is 2.82. The molecule has 2 N–H and O–H groups in total. The van der Waals surface area contributed by atoms with Gasteiger partial charge < -0.3 is 29.4 Å². The number of rotatable bonds is 8. The standard InChI is InChI=1S/C25H33N7O3/c1-2-4-19(5-3-1)32-16-28-22-23(26-8-9-31-10-12-33-13-11-31)29-25(30-24(22)32)27-15-18-6-7-20-21(14-18)35-17-34-20/h6-7,14,16,19H,1-5,8-13,15,17H2,(H2,26,27,29,30). The van der Waals surface area contributed by atoms with Gasteiger partial charge in [-0.05, 0) is 30.5 Å². The molecule has 1 saturated carbocycles. The third kappa shape index (κ3) is 4.99. The molecule has 2 aliphatic heterocycles. The third-order valence-electron chi connectivity index (χ3n) is 7.10. The summed E-state index contributed by atoms with van der Waals surface area (Å²) >= 11 is 0. The summed E-state index contributed by atoms with van der Waals surface area (Å²) in [6.45, 7) is 6.15. The highest BCUT2D eigenvalue weighted by molar-refractivity contribution is 5.84. The molecular formula is C25H33N7O3. The number of fused-ring (bicyclic) bond motifs is 2. The lowest BCUT2D eigenvalue weighted by Crippen LogP contribution is -2.39. The Kier molecular flexibility index (Phi) is 6.55. The zero-order valence-corrected chi connectivity index (χ0v) is 20.0. The van der Waals surface area contributed by atoms with Crippen LogP contribution in [0.1, 0.15) is 43.7 Å². The molecule has 10 nitrogen and oxygen atoms in total. The average molecular weight is 480 g/mol. The van der Waals surface area contributed by atoms with Gasteiger partial charge in [-0.25, -0.2) is 4.98 Å². The van der Waals surface area contributed by atoms with Gasteiger partial charge in [-0.1, -0.05) is 25.3 Å². The number of anilines is 2. The van der Waals surface area contributed by atoms with E-state index in [-0.39, 0.29) is 6.79 Å². The molecular weight excluding hydrogens is 446 g/mol. The Morgan fingerprint density at radius 2 is 1.83 bits per heavy atom. The first-order valence-corrected chi connectivity index (χ1v) is 12.7. The van der Waals surface area contributed by atoms with Crippen molar-refractivity contribution in [2.24, 2.45) is 0 Å². The number of ether oxygens (including phenoxy) is 3. The molecule has 1 aromatic carbocycles. The predicted molar refractivity (Wildman–Crippen MR) is 133 cm³/mol. The fraction of sp³-hybridized carbons (Fsp3) is 0.560. The predicted octanol–water partition coefficient (Wildman–Crippen LogP) is 3.42. The van der Waals surface area contributed by atoms with Gasteiger partial charge in [0.15, 0.2) is 28.5 Å². The average Bonchev–Trinajstić information content (AvgIpc) is 3.55. The van der Waals surface area contributed by atoms with Gasteiger partial charge in [-0.15, -0.1) is 0 Å². The van der Waals surface area contributed by atoms with Crippen LogP contribution >= 0.6 is 0 Å². The van der Waals surface area contributed by atoms with Crippen molar-refractivity contribution >= 4 is 22.9 Å². The summed E-state index contributed by atoms with van der Waals surface area (Å²) in [4.78, 5) is 16.9. The van der Waals surface area contributed by atoms with E-state index in [0.717, 1.165) is 73.4 Å². The van der Waals surface area contributed by atoms with Crippen LogP contribution in [0.25, 0.3) is 11.2 Å². The Labute approximate surface area is 205 Å². The van der Waals surface area contributed by atoms with E-state index in [1.807, 2.05) is 24.5 Å². The fourth-order valence-corrected chi connectivity index (χ4v) is 5.13. The Bertz CT molecular complexity index is 1160. The first-order valence-electron chi connectivity index (χ1n) is 12.7. The first-order chi connectivity index (χ1) is 17.3. The molecule has 1 aliphatic carbocycles. The summed E-state index contributed by atoms with van der Waals surface area (Å²) in [5, 5.41) is 6.96. The lowest BCUT2D eigenvalue weighted by atomic mass is 9.95. The number of hydrogen-bond donors (Lipinski definition) is 2. The second-order valence-electron chi connectivity index (χ2n) is 9.43. The summed E-state index contributed by atoms with van der Waals surface area (Å²) < 4.78 is 18.7. The lowest BCUT2D eigenvalue weighted by Gasteiger charge is -2.26. The molecule has 0 unspecified atom stereocenters. The van der Waals surface area contributed by atoms with Crippen molar-refractivity contribution in [3.8, 4) is 11.5 Å². The maximum absolute atomic E-state index is 5.52. The van der Waals surface area contributed by atoms with E-state index in [1.165, 1.54) is 32.1 Å². The van der Waals surface area contributed by atoms with Gasteiger partial charge in [0.2, 0.25) is 12.7 Å². The Morgan fingerprint density at radius 1 is 0.971 bits per heavy atom. The minimum Gasteiger partial charge on any atom is -0.454 e. The number of benzene rings is 1. The fourth-order valence-electron chi connectivity index (χ4n) is 5.13. The van der Waals surface area contributed by atoms with Gasteiger partial charge >= 0.3 is 0 Å². The van der Waals surface area contributed by atoms with E-state index in [9.17, 15) is 0 Å². The first kappa shape index (κ1) is 22.4. The van der Waals surface area contributed by atoms with Crippen LogP contribution in [0.5, 0.6) is 11.5 Å². The van der Waals surface area contributed by atoms with Crippen molar-refractivity contribution in [2.75, 3.05) is 56.8 Å². The zero-order chi connectivity index (χ0) is 23.5. The van der Waals surface area contributed by atoms with E-state index in [0.29, 0.717) is 18.5 Å². The molecule has 186 valence electrons. The molecule has 10 heteroatoms. The molecule has 0 bridgehead atoms. The highest BCUT2D eigenvalue weighted by atomic mass is 16.7. The quantitative estimate of drug-likeness (QED) is 0.503. The van der Waals surface area contributed by atoms with Crippen LogP contribution in [-0.4, -0.2) is 70.6 Å². The highest BCUT2D eigenvalue weighted by Gasteiger charge is 2.21. The number of imidazole rings is 1. The topological polar surface area (TPSA) is 98.6 Å². The molecule has 3 aliphatic rings. The molecule has 0 atom stereocenters. The SMILES string of the molecule is c1cc2c(cc1CNc1nc(NCCN3CCOCC3)c3ncn(C4CCCCC4)c3n1)OCO2. The smallest absolute Gasteiger partial charge is 0.231 e. The summed E-state index contributed by atoms with van der Waals surface area (Å²) in [7, 11) is 0. The van der Waals surface area contributed by atoms with Gasteiger partial charge in [-0.3, -0.25) is 4.90 Å². The maximum atomic E-state index is 5.52.